The van der Waals surface area contributed by atoms with E-state index in [0.29, 0.717) is 30.9 Å². The van der Waals surface area contributed by atoms with Gasteiger partial charge in [0.2, 0.25) is 0 Å². The summed E-state index contributed by atoms with van der Waals surface area (Å²) >= 11 is 0. The Kier molecular flexibility index (Phi) is 7.30. The highest BCUT2D eigenvalue weighted by atomic mass is 16.5. The predicted molar refractivity (Wildman–Crippen MR) is 83.8 cm³/mol. The molecule has 0 amide bonds. The molecule has 1 heterocycles. The number of hydrogen-bond donors (Lipinski definition) is 1. The molecule has 114 valence electrons. The summed E-state index contributed by atoms with van der Waals surface area (Å²) in [5.41, 5.74) is 5.89. The first-order valence-electron chi connectivity index (χ1n) is 7.56. The molecule has 5 heteroatoms. The standard InChI is InChI=1S/C15H28N4O/c1-5-7-8-9-19(12(3)4)15-10-13(16)17-14(18-15)11-20-6-2/h10,12H,5-9,11H2,1-4H3,(H2,16,17,18). The molecule has 1 aromatic heterocycles. The van der Waals surface area contributed by atoms with Crippen LogP contribution in [-0.2, 0) is 11.3 Å². The third kappa shape index (κ3) is 5.33. The molecule has 0 unspecified atom stereocenters. The molecule has 1 rings (SSSR count). The molecule has 0 fully saturated rings. The average molecular weight is 280 g/mol. The molecule has 0 aromatic carbocycles. The van der Waals surface area contributed by atoms with Crippen molar-refractivity contribution in [3.05, 3.63) is 11.9 Å². The highest BCUT2D eigenvalue weighted by molar-refractivity contribution is 5.47. The van der Waals surface area contributed by atoms with Gasteiger partial charge in [-0.2, -0.15) is 0 Å². The Labute approximate surface area is 122 Å². The number of nitrogens with zero attached hydrogens (tertiary/aromatic N) is 3. The summed E-state index contributed by atoms with van der Waals surface area (Å²) in [4.78, 5) is 11.1. The third-order valence-electron chi connectivity index (χ3n) is 3.13. The fraction of sp³-hybridized carbons (Fsp3) is 0.733. The normalized spacial score (nSPS) is 11.1. The zero-order chi connectivity index (χ0) is 15.0. The van der Waals surface area contributed by atoms with Crippen LogP contribution in [0.5, 0.6) is 0 Å². The lowest BCUT2D eigenvalue weighted by Gasteiger charge is -2.28. The highest BCUT2D eigenvalue weighted by Crippen LogP contribution is 2.18. The summed E-state index contributed by atoms with van der Waals surface area (Å²) in [6.45, 7) is 10.6. The Balaban J connectivity index is 2.85. The van der Waals surface area contributed by atoms with Gasteiger partial charge in [0.05, 0.1) is 0 Å². The number of aromatic nitrogens is 2. The van der Waals surface area contributed by atoms with Gasteiger partial charge in [0.15, 0.2) is 5.82 Å². The molecule has 0 radical (unpaired) electrons. The first-order chi connectivity index (χ1) is 9.58. The first kappa shape index (κ1) is 16.7. The van der Waals surface area contributed by atoms with E-state index in [9.17, 15) is 0 Å². The molecule has 0 aliphatic rings. The predicted octanol–water partition coefficient (Wildman–Crippen LogP) is 3.00. The monoisotopic (exact) mass is 280 g/mol. The van der Waals surface area contributed by atoms with Crippen LogP contribution in [0, 0.1) is 0 Å². The molecule has 0 saturated heterocycles. The van der Waals surface area contributed by atoms with E-state index in [4.69, 9.17) is 10.5 Å². The molecule has 20 heavy (non-hydrogen) atoms. The molecule has 0 atom stereocenters. The molecular weight excluding hydrogens is 252 g/mol. The summed E-state index contributed by atoms with van der Waals surface area (Å²) < 4.78 is 5.37. The van der Waals surface area contributed by atoms with Crippen LogP contribution < -0.4 is 10.6 Å². The summed E-state index contributed by atoms with van der Waals surface area (Å²) in [6, 6.07) is 2.24. The second-order valence-electron chi connectivity index (χ2n) is 5.20. The molecular formula is C15H28N4O. The Hall–Kier alpha value is -1.36. The van der Waals surface area contributed by atoms with E-state index < -0.39 is 0 Å². The van der Waals surface area contributed by atoms with Crippen molar-refractivity contribution in [2.24, 2.45) is 0 Å². The van der Waals surface area contributed by atoms with Gasteiger partial charge in [-0.25, -0.2) is 9.97 Å². The van der Waals surface area contributed by atoms with Crippen molar-refractivity contribution in [1.29, 1.82) is 0 Å². The second kappa shape index (κ2) is 8.74. The molecule has 2 N–H and O–H groups in total. The number of unbranched alkanes of at least 4 members (excludes halogenated alkanes) is 2. The number of hydrogen-bond acceptors (Lipinski definition) is 5. The van der Waals surface area contributed by atoms with Crippen LogP contribution in [-0.4, -0.2) is 29.2 Å². The Morgan fingerprint density at radius 2 is 2.00 bits per heavy atom. The van der Waals surface area contributed by atoms with Gasteiger partial charge in [0.1, 0.15) is 18.2 Å². The molecule has 0 saturated carbocycles. The highest BCUT2D eigenvalue weighted by Gasteiger charge is 2.14. The fourth-order valence-electron chi connectivity index (χ4n) is 2.08. The number of nitrogens with two attached hydrogens (primary N) is 1. The Morgan fingerprint density at radius 3 is 2.60 bits per heavy atom. The van der Waals surface area contributed by atoms with Crippen LogP contribution in [0.1, 0.15) is 52.8 Å². The van der Waals surface area contributed by atoms with E-state index in [1.54, 1.807) is 0 Å². The van der Waals surface area contributed by atoms with Crippen molar-refractivity contribution in [3.8, 4) is 0 Å². The molecule has 0 aliphatic heterocycles. The maximum absolute atomic E-state index is 5.89. The summed E-state index contributed by atoms with van der Waals surface area (Å²) in [5, 5.41) is 0. The van der Waals surface area contributed by atoms with Crippen molar-refractivity contribution in [2.75, 3.05) is 23.8 Å². The molecule has 1 aromatic rings. The van der Waals surface area contributed by atoms with Crippen molar-refractivity contribution < 1.29 is 4.74 Å². The minimum absolute atomic E-state index is 0.390. The maximum Gasteiger partial charge on any atom is 0.158 e. The van der Waals surface area contributed by atoms with Crippen molar-refractivity contribution in [2.45, 2.75) is 59.6 Å². The van der Waals surface area contributed by atoms with Gasteiger partial charge in [-0.1, -0.05) is 19.8 Å². The van der Waals surface area contributed by atoms with E-state index in [2.05, 4.69) is 35.6 Å². The minimum atomic E-state index is 0.390. The Morgan fingerprint density at radius 1 is 1.25 bits per heavy atom. The Bertz CT molecular complexity index is 395. The van der Waals surface area contributed by atoms with E-state index in [-0.39, 0.29) is 0 Å². The summed E-state index contributed by atoms with van der Waals surface area (Å²) in [5.74, 6) is 2.06. The molecule has 0 bridgehead atoms. The van der Waals surface area contributed by atoms with Crippen LogP contribution in [0.3, 0.4) is 0 Å². The second-order valence-corrected chi connectivity index (χ2v) is 5.20. The number of nitrogen functional groups attached to an aromatic ring is 1. The summed E-state index contributed by atoms with van der Waals surface area (Å²) in [6.07, 6.45) is 3.61. The van der Waals surface area contributed by atoms with Crippen molar-refractivity contribution in [1.82, 2.24) is 9.97 Å². The topological polar surface area (TPSA) is 64.3 Å². The van der Waals surface area contributed by atoms with Gasteiger partial charge >= 0.3 is 0 Å². The fourth-order valence-corrected chi connectivity index (χ4v) is 2.08. The van der Waals surface area contributed by atoms with Gasteiger partial charge in [-0.3, -0.25) is 0 Å². The zero-order valence-corrected chi connectivity index (χ0v) is 13.2. The van der Waals surface area contributed by atoms with E-state index in [1.807, 2.05) is 13.0 Å². The smallest absolute Gasteiger partial charge is 0.158 e. The maximum atomic E-state index is 5.89. The molecule has 0 spiro atoms. The van der Waals surface area contributed by atoms with Crippen LogP contribution in [0.15, 0.2) is 6.07 Å². The SMILES string of the molecule is CCCCCN(c1cc(N)nc(COCC)n1)C(C)C. The van der Waals surface area contributed by atoms with E-state index >= 15 is 0 Å². The lowest BCUT2D eigenvalue weighted by Crippen LogP contribution is -2.33. The third-order valence-corrected chi connectivity index (χ3v) is 3.13. The van der Waals surface area contributed by atoms with Crippen LogP contribution in [0.4, 0.5) is 11.6 Å². The van der Waals surface area contributed by atoms with Crippen molar-refractivity contribution in [3.63, 3.8) is 0 Å². The number of ether oxygens (including phenoxy) is 1. The number of anilines is 2. The lowest BCUT2D eigenvalue weighted by molar-refractivity contribution is 0.128. The quantitative estimate of drug-likeness (QED) is 0.704. The molecule has 0 aliphatic carbocycles. The van der Waals surface area contributed by atoms with Crippen LogP contribution in [0.25, 0.3) is 0 Å². The van der Waals surface area contributed by atoms with Crippen molar-refractivity contribution >= 4 is 11.6 Å². The van der Waals surface area contributed by atoms with Crippen LogP contribution in [0.2, 0.25) is 0 Å². The van der Waals surface area contributed by atoms with Gasteiger partial charge < -0.3 is 15.4 Å². The summed E-state index contributed by atoms with van der Waals surface area (Å²) in [7, 11) is 0. The van der Waals surface area contributed by atoms with Gasteiger partial charge in [0, 0.05) is 25.3 Å². The largest absolute Gasteiger partial charge is 0.384 e. The first-order valence-corrected chi connectivity index (χ1v) is 7.56. The van der Waals surface area contributed by atoms with Gasteiger partial charge in [0.25, 0.3) is 0 Å². The minimum Gasteiger partial charge on any atom is -0.384 e. The number of rotatable bonds is 9. The van der Waals surface area contributed by atoms with E-state index in [1.165, 1.54) is 19.3 Å². The zero-order valence-electron chi connectivity index (χ0n) is 13.2. The average Bonchev–Trinajstić information content (AvgIpc) is 2.40. The van der Waals surface area contributed by atoms with Gasteiger partial charge in [-0.15, -0.1) is 0 Å². The molecule has 5 nitrogen and oxygen atoms in total. The van der Waals surface area contributed by atoms with E-state index in [0.717, 1.165) is 12.4 Å². The lowest BCUT2D eigenvalue weighted by atomic mass is 10.2. The van der Waals surface area contributed by atoms with Gasteiger partial charge in [-0.05, 0) is 27.2 Å². The van der Waals surface area contributed by atoms with Crippen LogP contribution >= 0.6 is 0 Å².